The van der Waals surface area contributed by atoms with Crippen LogP contribution in [0.4, 0.5) is 0 Å². The molecule has 1 saturated heterocycles. The molecule has 12 atom stereocenters. The first-order chi connectivity index (χ1) is 39.2. The molecule has 0 aromatic carbocycles. The summed E-state index contributed by atoms with van der Waals surface area (Å²) in [5, 5.41) is 14.9. The smallest absolute Gasteiger partial charge is 0.246 e. The summed E-state index contributed by atoms with van der Waals surface area (Å²) < 4.78 is 0. The highest BCUT2D eigenvalue weighted by Crippen LogP contribution is 2.29. The molecule has 0 saturated carbocycles. The number of likely N-dealkylation sites (N-methyl/N-ethyl adjacent to an activating group) is 7. The number of Topliss-reactive ketones (excluding diaryl/α,β-unsaturated/α-hetero) is 3. The Hall–Kier alpha value is -5.53. The first-order valence-electron chi connectivity index (χ1n) is 31.2. The summed E-state index contributed by atoms with van der Waals surface area (Å²) in [4.78, 5) is 170. The van der Waals surface area contributed by atoms with Crippen LogP contribution < -0.4 is 5.32 Å². The number of aliphatic hydroxyl groups is 1. The van der Waals surface area contributed by atoms with Gasteiger partial charge in [-0.2, -0.15) is 0 Å². The summed E-state index contributed by atoms with van der Waals surface area (Å²) in [5.74, 6) is -10.7. The number of nitrogens with one attached hydrogen (secondary N) is 1. The maximum absolute atomic E-state index is 15.2. The molecule has 20 heteroatoms. The van der Waals surface area contributed by atoms with Gasteiger partial charge in [-0.25, -0.2) is 0 Å². The van der Waals surface area contributed by atoms with E-state index in [0.29, 0.717) is 6.42 Å². The Kier molecular flexibility index (Phi) is 32.2. The van der Waals surface area contributed by atoms with E-state index in [2.05, 4.69) is 5.32 Å². The SMILES string of the molecule is C/C=C/C[C@@H](C)[C@@H](O)[C@H]1C(=O)C[C@@H](CC)C(=O)N(C)CC(=O)N(C)[C@@H](CC(C)C)C(=O)CC(C(C)C)C(=O)N(C)[C@@H](CC(C)C)C(=O)CC(C)C(=O)N[C@H](C)C(=O)N(C)[C@@H](CC(C)C)C(=O)N(C)C(CC(C)C)C(=O)N(C)[C@@H](C(C)C)C(=O)N1C. The first-order valence-corrected chi connectivity index (χ1v) is 31.2. The number of carbonyl (C=O) groups is 11. The van der Waals surface area contributed by atoms with Gasteiger partial charge in [-0.15, -0.1) is 0 Å². The van der Waals surface area contributed by atoms with Crippen molar-refractivity contribution < 1.29 is 57.8 Å². The molecule has 2 N–H and O–H groups in total. The zero-order valence-electron chi connectivity index (χ0n) is 56.7. The van der Waals surface area contributed by atoms with Gasteiger partial charge in [-0.05, 0) is 93.8 Å². The van der Waals surface area contributed by atoms with Crippen molar-refractivity contribution in [1.82, 2.24) is 39.6 Å². The minimum atomic E-state index is -1.49. The van der Waals surface area contributed by atoms with E-state index in [1.165, 1.54) is 85.7 Å². The van der Waals surface area contributed by atoms with Crippen molar-refractivity contribution in [3.8, 4) is 0 Å². The standard InChI is InChI=1S/C65H114N8O12/c1-25-27-28-43(15)58(78)57-54(76)34-46(26-2)61(81)67(18)36-55(77)68(19)48(29-37(3)4)53(75)35-47(41(11)12)62(82)69(20)49(30-38(5)6)52(74)33-44(16)59(79)66-45(17)60(80)70(21)50(31-39(7)8)63(83)71(22)51(32-40(9)10)64(84)72(23)56(42(13)14)65(85)73(57)24/h25,27,37-51,56-58,78H,26,28-36H2,1-24H3,(H,66,79)/b27-25+/t43-,44?,45-,46-,47?,48+,49+,50+,51?,56+,57-,58-/m1/s1. The molecule has 8 amide bonds. The summed E-state index contributed by atoms with van der Waals surface area (Å²) in [5.41, 5.74) is 0. The predicted molar refractivity (Wildman–Crippen MR) is 332 cm³/mol. The number of allylic oxidation sites excluding steroid dienone is 2. The predicted octanol–water partition coefficient (Wildman–Crippen LogP) is 6.54. The van der Waals surface area contributed by atoms with E-state index in [9.17, 15) is 48.3 Å². The lowest BCUT2D eigenvalue weighted by atomic mass is 9.84. The van der Waals surface area contributed by atoms with Crippen LogP contribution in [0.1, 0.15) is 175 Å². The van der Waals surface area contributed by atoms with E-state index in [1.54, 1.807) is 54.5 Å². The van der Waals surface area contributed by atoms with Gasteiger partial charge in [0.1, 0.15) is 30.2 Å². The molecular weight excluding hydrogens is 1080 g/mol. The van der Waals surface area contributed by atoms with Crippen molar-refractivity contribution in [3.05, 3.63) is 12.2 Å². The lowest BCUT2D eigenvalue weighted by Gasteiger charge is -2.41. The van der Waals surface area contributed by atoms with Gasteiger partial charge in [-0.3, -0.25) is 52.7 Å². The molecule has 486 valence electrons. The molecule has 1 aliphatic heterocycles. The lowest BCUT2D eigenvalue weighted by Crippen LogP contribution is -2.61. The third-order valence-electron chi connectivity index (χ3n) is 17.1. The number of hydrogen-bond acceptors (Lipinski definition) is 12. The Morgan fingerprint density at radius 1 is 0.494 bits per heavy atom. The van der Waals surface area contributed by atoms with Crippen molar-refractivity contribution in [2.45, 2.75) is 224 Å². The topological polar surface area (TPSA) is 243 Å². The van der Waals surface area contributed by atoms with Crippen LogP contribution >= 0.6 is 0 Å². The van der Waals surface area contributed by atoms with E-state index in [0.717, 1.165) is 4.90 Å². The fraction of sp³-hybridized carbons (Fsp3) is 0.800. The zero-order chi connectivity index (χ0) is 66.0. The van der Waals surface area contributed by atoms with E-state index in [4.69, 9.17) is 0 Å². The largest absolute Gasteiger partial charge is 0.390 e. The Morgan fingerprint density at radius 3 is 1.36 bits per heavy atom. The fourth-order valence-corrected chi connectivity index (χ4v) is 11.5. The van der Waals surface area contributed by atoms with Crippen molar-refractivity contribution >= 4 is 64.6 Å². The van der Waals surface area contributed by atoms with Crippen LogP contribution in [0.2, 0.25) is 0 Å². The van der Waals surface area contributed by atoms with Crippen molar-refractivity contribution in [2.75, 3.05) is 55.9 Å². The molecule has 0 bridgehead atoms. The molecule has 1 fully saturated rings. The zero-order valence-corrected chi connectivity index (χ0v) is 56.7. The van der Waals surface area contributed by atoms with Gasteiger partial charge in [0.15, 0.2) is 17.3 Å². The normalized spacial score (nSPS) is 27.2. The first kappa shape index (κ1) is 77.5. The monoisotopic (exact) mass is 1200 g/mol. The van der Waals surface area contributed by atoms with Crippen LogP contribution in [0.3, 0.4) is 0 Å². The second-order valence-electron chi connectivity index (χ2n) is 27.0. The molecule has 1 rings (SSSR count). The summed E-state index contributed by atoms with van der Waals surface area (Å²) >= 11 is 0. The maximum atomic E-state index is 15.2. The van der Waals surface area contributed by atoms with E-state index < -0.39 is 144 Å². The number of aliphatic hydroxyl groups excluding tert-OH is 1. The van der Waals surface area contributed by atoms with Crippen molar-refractivity contribution in [2.24, 2.45) is 59.2 Å². The van der Waals surface area contributed by atoms with Gasteiger partial charge in [0.2, 0.25) is 47.3 Å². The molecule has 1 heterocycles. The maximum Gasteiger partial charge on any atom is 0.246 e. The second-order valence-corrected chi connectivity index (χ2v) is 27.0. The lowest BCUT2D eigenvalue weighted by molar-refractivity contribution is -0.157. The Labute approximate surface area is 511 Å². The van der Waals surface area contributed by atoms with E-state index in [-0.39, 0.29) is 86.1 Å². The third kappa shape index (κ3) is 22.0. The van der Waals surface area contributed by atoms with E-state index >= 15 is 9.59 Å². The minimum absolute atomic E-state index is 0.0648. The fourth-order valence-electron chi connectivity index (χ4n) is 11.5. The van der Waals surface area contributed by atoms with Gasteiger partial charge in [-0.1, -0.05) is 116 Å². The third-order valence-corrected chi connectivity index (χ3v) is 17.1. The van der Waals surface area contributed by atoms with Gasteiger partial charge in [0.25, 0.3) is 0 Å². The molecule has 0 aliphatic carbocycles. The number of hydrogen-bond donors (Lipinski definition) is 2. The molecule has 0 aromatic rings. The Balaban J connectivity index is 4.32. The highest BCUT2D eigenvalue weighted by atomic mass is 16.3. The molecule has 1 aliphatic rings. The molecule has 3 unspecified atom stereocenters. The molecular formula is C65H114N8O12. The molecule has 0 radical (unpaired) electrons. The number of ketones is 3. The number of rotatable bonds is 15. The quantitative estimate of drug-likeness (QED) is 0.166. The molecule has 20 nitrogen and oxygen atoms in total. The van der Waals surface area contributed by atoms with Crippen LogP contribution in [-0.2, 0) is 52.7 Å². The number of carbonyl (C=O) groups excluding carboxylic acids is 11. The van der Waals surface area contributed by atoms with Crippen LogP contribution in [0, 0.1) is 59.2 Å². The summed E-state index contributed by atoms with van der Waals surface area (Å²) in [6, 6.07) is -8.09. The second kappa shape index (κ2) is 35.3. The van der Waals surface area contributed by atoms with Crippen LogP contribution in [0.25, 0.3) is 0 Å². The number of nitrogens with zero attached hydrogens (tertiary/aromatic N) is 7. The molecule has 0 aromatic heterocycles. The highest BCUT2D eigenvalue weighted by Gasteiger charge is 2.45. The summed E-state index contributed by atoms with van der Waals surface area (Å²) in [7, 11) is 10.2. The van der Waals surface area contributed by atoms with Crippen molar-refractivity contribution in [1.29, 1.82) is 0 Å². The van der Waals surface area contributed by atoms with Gasteiger partial charge in [0, 0.05) is 86.3 Å². The summed E-state index contributed by atoms with van der Waals surface area (Å²) in [6.45, 7) is 30.1. The van der Waals surface area contributed by atoms with Crippen molar-refractivity contribution in [3.63, 3.8) is 0 Å². The molecule has 85 heavy (non-hydrogen) atoms. The van der Waals surface area contributed by atoms with Crippen LogP contribution in [0.15, 0.2) is 12.2 Å². The Bertz CT molecular complexity index is 2320. The van der Waals surface area contributed by atoms with E-state index in [1.807, 2.05) is 68.4 Å². The van der Waals surface area contributed by atoms with Gasteiger partial charge >= 0.3 is 0 Å². The van der Waals surface area contributed by atoms with Crippen LogP contribution in [-0.4, -0.2) is 208 Å². The average Bonchev–Trinajstić information content (AvgIpc) is 3.62. The minimum Gasteiger partial charge on any atom is -0.390 e. The number of amides is 8. The molecule has 0 spiro atoms. The highest BCUT2D eigenvalue weighted by molar-refractivity contribution is 5.99. The average molecular weight is 1200 g/mol. The van der Waals surface area contributed by atoms with Crippen LogP contribution in [0.5, 0.6) is 0 Å². The van der Waals surface area contributed by atoms with Gasteiger partial charge in [0.05, 0.1) is 24.7 Å². The summed E-state index contributed by atoms with van der Waals surface area (Å²) in [6.07, 6.45) is 2.59. The van der Waals surface area contributed by atoms with Gasteiger partial charge < -0.3 is 44.7 Å². The Morgan fingerprint density at radius 2 is 0.918 bits per heavy atom.